The van der Waals surface area contributed by atoms with Crippen LogP contribution in [0, 0.1) is 6.92 Å². The number of hydrogen-bond acceptors (Lipinski definition) is 4. The number of rotatable bonds is 4. The third-order valence-corrected chi connectivity index (χ3v) is 3.43. The fourth-order valence-electron chi connectivity index (χ4n) is 2.15. The third-order valence-electron chi connectivity index (χ3n) is 3.11. The van der Waals surface area contributed by atoms with E-state index in [2.05, 4.69) is 10.1 Å². The Balaban J connectivity index is 2.35. The summed E-state index contributed by atoms with van der Waals surface area (Å²) in [5, 5.41) is 12.4. The van der Waals surface area contributed by atoms with E-state index in [4.69, 9.17) is 22.5 Å². The van der Waals surface area contributed by atoms with Crippen LogP contribution in [-0.4, -0.2) is 23.1 Å². The van der Waals surface area contributed by atoms with E-state index in [-0.39, 0.29) is 5.84 Å². The van der Waals surface area contributed by atoms with Gasteiger partial charge in [-0.15, -0.1) is 0 Å². The van der Waals surface area contributed by atoms with Gasteiger partial charge in [0.15, 0.2) is 5.84 Å². The molecule has 1 heterocycles. The molecular formula is C15H17ClN4O. The molecule has 0 bridgehead atoms. The highest BCUT2D eigenvalue weighted by atomic mass is 35.5. The highest BCUT2D eigenvalue weighted by Crippen LogP contribution is 2.27. The lowest BCUT2D eigenvalue weighted by Crippen LogP contribution is -2.23. The SMILES string of the molecule is Cc1cccc(CN(C)c2cccc(Cl)c2/C(N)=N/O)n1. The van der Waals surface area contributed by atoms with Gasteiger partial charge in [0.25, 0.3) is 0 Å². The second kappa shape index (κ2) is 6.45. The lowest BCUT2D eigenvalue weighted by atomic mass is 10.1. The molecule has 0 saturated carbocycles. The predicted molar refractivity (Wildman–Crippen MR) is 85.0 cm³/mol. The van der Waals surface area contributed by atoms with Crippen molar-refractivity contribution in [1.29, 1.82) is 0 Å². The van der Waals surface area contributed by atoms with Gasteiger partial charge in [-0.1, -0.05) is 28.9 Å². The fourth-order valence-corrected chi connectivity index (χ4v) is 2.42. The van der Waals surface area contributed by atoms with Gasteiger partial charge in [-0.25, -0.2) is 0 Å². The smallest absolute Gasteiger partial charge is 0.173 e. The molecule has 0 unspecified atom stereocenters. The van der Waals surface area contributed by atoms with E-state index in [0.717, 1.165) is 17.1 Å². The molecule has 0 atom stereocenters. The molecule has 3 N–H and O–H groups in total. The summed E-state index contributed by atoms with van der Waals surface area (Å²) >= 11 is 6.16. The summed E-state index contributed by atoms with van der Waals surface area (Å²) in [6.07, 6.45) is 0. The van der Waals surface area contributed by atoms with Crippen molar-refractivity contribution in [1.82, 2.24) is 4.98 Å². The van der Waals surface area contributed by atoms with E-state index in [0.29, 0.717) is 17.1 Å². The van der Waals surface area contributed by atoms with Crippen LogP contribution in [0.1, 0.15) is 17.0 Å². The molecule has 0 aliphatic heterocycles. The quantitative estimate of drug-likeness (QED) is 0.394. The lowest BCUT2D eigenvalue weighted by Gasteiger charge is -2.22. The molecule has 0 spiro atoms. The van der Waals surface area contributed by atoms with Crippen LogP contribution in [0.2, 0.25) is 5.02 Å². The summed E-state index contributed by atoms with van der Waals surface area (Å²) in [7, 11) is 1.91. The van der Waals surface area contributed by atoms with Crippen molar-refractivity contribution in [3.63, 3.8) is 0 Å². The summed E-state index contributed by atoms with van der Waals surface area (Å²) in [6.45, 7) is 2.54. The highest BCUT2D eigenvalue weighted by Gasteiger charge is 2.15. The van der Waals surface area contributed by atoms with Gasteiger partial charge in [0.05, 0.1) is 22.8 Å². The number of pyridine rings is 1. The van der Waals surface area contributed by atoms with Gasteiger partial charge >= 0.3 is 0 Å². The van der Waals surface area contributed by atoms with Gasteiger partial charge in [-0.3, -0.25) is 4.98 Å². The van der Waals surface area contributed by atoms with Crippen LogP contribution in [0.3, 0.4) is 0 Å². The summed E-state index contributed by atoms with van der Waals surface area (Å²) in [6, 6.07) is 11.3. The number of anilines is 1. The Labute approximate surface area is 128 Å². The zero-order valence-corrected chi connectivity index (χ0v) is 12.7. The lowest BCUT2D eigenvalue weighted by molar-refractivity contribution is 0.318. The number of aromatic nitrogens is 1. The van der Waals surface area contributed by atoms with Gasteiger partial charge in [-0.05, 0) is 31.2 Å². The maximum Gasteiger partial charge on any atom is 0.173 e. The number of halogens is 1. The van der Waals surface area contributed by atoms with E-state index in [1.165, 1.54) is 0 Å². The van der Waals surface area contributed by atoms with Crippen LogP contribution in [0.15, 0.2) is 41.6 Å². The zero-order valence-electron chi connectivity index (χ0n) is 11.9. The van der Waals surface area contributed by atoms with Crippen molar-refractivity contribution in [3.8, 4) is 0 Å². The van der Waals surface area contributed by atoms with Crippen molar-refractivity contribution >= 4 is 23.1 Å². The molecule has 0 aliphatic carbocycles. The number of nitrogens with zero attached hydrogens (tertiary/aromatic N) is 3. The topological polar surface area (TPSA) is 74.7 Å². The second-order valence-corrected chi connectivity index (χ2v) is 5.15. The minimum atomic E-state index is -0.0142. The zero-order chi connectivity index (χ0) is 15.4. The molecule has 0 saturated heterocycles. The van der Waals surface area contributed by atoms with Gasteiger partial charge in [0.2, 0.25) is 0 Å². The molecule has 1 aromatic heterocycles. The summed E-state index contributed by atoms with van der Waals surface area (Å²) < 4.78 is 0. The standard InChI is InChI=1S/C15H17ClN4O/c1-10-5-3-6-11(18-10)9-20(2)13-8-4-7-12(16)14(13)15(17)19-21/h3-8,21H,9H2,1-2H3,(H2,17,19). The Kier molecular flexibility index (Phi) is 4.65. The summed E-state index contributed by atoms with van der Waals surface area (Å²) in [5.41, 5.74) is 8.91. The van der Waals surface area contributed by atoms with Crippen molar-refractivity contribution in [2.75, 3.05) is 11.9 Å². The minimum absolute atomic E-state index is 0.0142. The second-order valence-electron chi connectivity index (χ2n) is 4.75. The molecular weight excluding hydrogens is 288 g/mol. The maximum absolute atomic E-state index is 8.92. The fraction of sp³-hybridized carbons (Fsp3) is 0.200. The van der Waals surface area contributed by atoms with Crippen LogP contribution < -0.4 is 10.6 Å². The first-order valence-corrected chi connectivity index (χ1v) is 6.81. The van der Waals surface area contributed by atoms with Gasteiger partial charge in [0, 0.05) is 18.4 Å². The van der Waals surface area contributed by atoms with E-state index < -0.39 is 0 Å². The van der Waals surface area contributed by atoms with Crippen LogP contribution in [-0.2, 0) is 6.54 Å². The Bertz CT molecular complexity index is 672. The van der Waals surface area contributed by atoms with E-state index in [1.807, 2.05) is 49.2 Å². The molecule has 6 heteroatoms. The van der Waals surface area contributed by atoms with Crippen LogP contribution >= 0.6 is 11.6 Å². The number of benzene rings is 1. The molecule has 0 radical (unpaired) electrons. The highest BCUT2D eigenvalue weighted by molar-refractivity contribution is 6.34. The Morgan fingerprint density at radius 1 is 1.33 bits per heavy atom. The number of hydrogen-bond donors (Lipinski definition) is 2. The number of amidine groups is 1. The molecule has 110 valence electrons. The van der Waals surface area contributed by atoms with Gasteiger partial charge < -0.3 is 15.8 Å². The molecule has 5 nitrogen and oxygen atoms in total. The number of nitrogens with two attached hydrogens (primary N) is 1. The van der Waals surface area contributed by atoms with Crippen LogP contribution in [0.5, 0.6) is 0 Å². The first kappa shape index (κ1) is 15.1. The maximum atomic E-state index is 8.92. The third kappa shape index (κ3) is 3.44. The van der Waals surface area contributed by atoms with Crippen LogP contribution in [0.25, 0.3) is 0 Å². The summed E-state index contributed by atoms with van der Waals surface area (Å²) in [4.78, 5) is 6.43. The minimum Gasteiger partial charge on any atom is -0.409 e. The van der Waals surface area contributed by atoms with Crippen molar-refractivity contribution < 1.29 is 5.21 Å². The molecule has 2 rings (SSSR count). The van der Waals surface area contributed by atoms with E-state index in [1.54, 1.807) is 6.07 Å². The Morgan fingerprint density at radius 2 is 2.05 bits per heavy atom. The summed E-state index contributed by atoms with van der Waals surface area (Å²) in [5.74, 6) is -0.0142. The Hall–Kier alpha value is -2.27. The van der Waals surface area contributed by atoms with E-state index >= 15 is 0 Å². The molecule has 0 fully saturated rings. The average molecular weight is 305 g/mol. The first-order chi connectivity index (χ1) is 10.0. The normalized spacial score (nSPS) is 11.5. The van der Waals surface area contributed by atoms with Gasteiger partial charge in [-0.2, -0.15) is 0 Å². The molecule has 0 amide bonds. The first-order valence-electron chi connectivity index (χ1n) is 6.43. The largest absolute Gasteiger partial charge is 0.409 e. The number of oxime groups is 1. The van der Waals surface area contributed by atoms with Crippen molar-refractivity contribution in [2.24, 2.45) is 10.9 Å². The van der Waals surface area contributed by atoms with E-state index in [9.17, 15) is 0 Å². The number of aryl methyl sites for hydroxylation is 1. The van der Waals surface area contributed by atoms with Gasteiger partial charge in [0.1, 0.15) is 0 Å². The molecule has 1 aromatic carbocycles. The van der Waals surface area contributed by atoms with Crippen molar-refractivity contribution in [3.05, 3.63) is 58.4 Å². The molecule has 2 aromatic rings. The molecule has 0 aliphatic rings. The van der Waals surface area contributed by atoms with Crippen molar-refractivity contribution in [2.45, 2.75) is 13.5 Å². The van der Waals surface area contributed by atoms with Crippen LogP contribution in [0.4, 0.5) is 5.69 Å². The predicted octanol–water partition coefficient (Wildman–Crippen LogP) is 2.77. The Morgan fingerprint density at radius 3 is 2.71 bits per heavy atom. The molecule has 21 heavy (non-hydrogen) atoms. The average Bonchev–Trinajstić information content (AvgIpc) is 2.46. The monoisotopic (exact) mass is 304 g/mol.